The number of amides is 2. The highest BCUT2D eigenvalue weighted by Gasteiger charge is 2.34. The predicted molar refractivity (Wildman–Crippen MR) is 131 cm³/mol. The van der Waals surface area contributed by atoms with Crippen molar-refractivity contribution in [2.24, 2.45) is 0 Å². The maximum absolute atomic E-state index is 13.5. The topological polar surface area (TPSA) is 57.4 Å². The highest BCUT2D eigenvalue weighted by molar-refractivity contribution is 7.98. The number of thioether (sulfide) groups is 1. The summed E-state index contributed by atoms with van der Waals surface area (Å²) in [4.78, 5) is 20.1. The van der Waals surface area contributed by atoms with Crippen molar-refractivity contribution in [2.75, 3.05) is 25.2 Å². The van der Waals surface area contributed by atoms with E-state index in [0.717, 1.165) is 39.5 Å². The smallest absolute Gasteiger partial charge is 0.322 e. The molecule has 1 aromatic heterocycles. The third kappa shape index (κ3) is 3.71. The van der Waals surface area contributed by atoms with Gasteiger partial charge in [-0.05, 0) is 60.2 Å². The molecule has 5 nitrogen and oxygen atoms in total. The van der Waals surface area contributed by atoms with Crippen LogP contribution in [0.1, 0.15) is 22.9 Å². The van der Waals surface area contributed by atoms with Gasteiger partial charge in [0, 0.05) is 33.7 Å². The van der Waals surface area contributed by atoms with Crippen molar-refractivity contribution in [1.29, 1.82) is 0 Å². The summed E-state index contributed by atoms with van der Waals surface area (Å²) < 4.78 is 5.35. The van der Waals surface area contributed by atoms with Gasteiger partial charge in [0.2, 0.25) is 0 Å². The summed E-state index contributed by atoms with van der Waals surface area (Å²) in [6.45, 7) is 0.638. The Kier molecular flexibility index (Phi) is 5.53. The summed E-state index contributed by atoms with van der Waals surface area (Å²) in [5, 5.41) is 4.34. The lowest BCUT2D eigenvalue weighted by atomic mass is 9.92. The fraction of sp³-hybridized carbons (Fsp3) is 0.192. The van der Waals surface area contributed by atoms with Crippen molar-refractivity contribution in [3.63, 3.8) is 0 Å². The van der Waals surface area contributed by atoms with E-state index in [2.05, 4.69) is 28.5 Å². The lowest BCUT2D eigenvalue weighted by molar-refractivity contribution is 0.193. The van der Waals surface area contributed by atoms with Gasteiger partial charge in [0.1, 0.15) is 5.75 Å². The highest BCUT2D eigenvalue weighted by Crippen LogP contribution is 2.39. The normalized spacial score (nSPS) is 15.4. The summed E-state index contributed by atoms with van der Waals surface area (Å²) in [7, 11) is 1.66. The van der Waals surface area contributed by atoms with Crippen LogP contribution < -0.4 is 10.1 Å². The van der Waals surface area contributed by atoms with Gasteiger partial charge in [-0.1, -0.05) is 36.4 Å². The van der Waals surface area contributed by atoms with E-state index in [9.17, 15) is 4.79 Å². The maximum Gasteiger partial charge on any atom is 0.322 e. The predicted octanol–water partition coefficient (Wildman–Crippen LogP) is 6.08. The largest absolute Gasteiger partial charge is 0.497 e. The van der Waals surface area contributed by atoms with Crippen molar-refractivity contribution >= 4 is 34.4 Å². The van der Waals surface area contributed by atoms with Gasteiger partial charge >= 0.3 is 6.03 Å². The molecule has 162 valence electrons. The molecular weight excluding hydrogens is 418 g/mol. The molecule has 0 bridgehead atoms. The molecule has 2 N–H and O–H groups in total. The Hall–Kier alpha value is -3.38. The van der Waals surface area contributed by atoms with Gasteiger partial charge in [-0.2, -0.15) is 0 Å². The fourth-order valence-electron chi connectivity index (χ4n) is 4.49. The van der Waals surface area contributed by atoms with Gasteiger partial charge < -0.3 is 19.9 Å². The highest BCUT2D eigenvalue weighted by atomic mass is 32.2. The molecule has 32 heavy (non-hydrogen) atoms. The number of urea groups is 1. The molecular formula is C26H25N3O2S. The zero-order valence-electron chi connectivity index (χ0n) is 18.1. The second-order valence-corrected chi connectivity index (χ2v) is 8.72. The fourth-order valence-corrected chi connectivity index (χ4v) is 4.95. The SMILES string of the molecule is COc1ccc([C@H]2c3[nH]c4ccccc4c3CCN2C(=O)Nc2cccc(SC)c2)cc1. The van der Waals surface area contributed by atoms with Crippen LogP contribution in [-0.4, -0.2) is 35.8 Å². The third-order valence-electron chi connectivity index (χ3n) is 6.05. The third-order valence-corrected chi connectivity index (χ3v) is 6.77. The van der Waals surface area contributed by atoms with E-state index < -0.39 is 0 Å². The van der Waals surface area contributed by atoms with E-state index in [1.165, 1.54) is 10.9 Å². The van der Waals surface area contributed by atoms with Gasteiger partial charge in [0.05, 0.1) is 13.2 Å². The van der Waals surface area contributed by atoms with Crippen LogP contribution in [0, 0.1) is 0 Å². The Morgan fingerprint density at radius 2 is 1.91 bits per heavy atom. The molecule has 3 aromatic carbocycles. The van der Waals surface area contributed by atoms with Gasteiger partial charge in [-0.3, -0.25) is 0 Å². The van der Waals surface area contributed by atoms with E-state index >= 15 is 0 Å². The number of rotatable bonds is 4. The lowest BCUT2D eigenvalue weighted by Crippen LogP contribution is -2.43. The van der Waals surface area contributed by atoms with Crippen molar-refractivity contribution in [3.8, 4) is 5.75 Å². The molecule has 1 atom stereocenters. The number of hydrogen-bond donors (Lipinski definition) is 2. The number of ether oxygens (including phenoxy) is 1. The molecule has 2 amide bonds. The Labute approximate surface area is 191 Å². The summed E-state index contributed by atoms with van der Waals surface area (Å²) in [6, 6.07) is 24.0. The summed E-state index contributed by atoms with van der Waals surface area (Å²) >= 11 is 1.66. The first-order chi connectivity index (χ1) is 15.7. The summed E-state index contributed by atoms with van der Waals surface area (Å²) in [5.41, 5.74) is 5.32. The van der Waals surface area contributed by atoms with Gasteiger partial charge in [0.25, 0.3) is 0 Å². The zero-order valence-corrected chi connectivity index (χ0v) is 18.9. The molecule has 0 fully saturated rings. The molecule has 4 aromatic rings. The van der Waals surface area contributed by atoms with E-state index in [4.69, 9.17) is 4.74 Å². The first kappa shape index (κ1) is 20.5. The Balaban J connectivity index is 1.55. The number of aromatic amines is 1. The number of H-pyrrole nitrogens is 1. The number of para-hydroxylation sites is 1. The van der Waals surface area contributed by atoms with Crippen molar-refractivity contribution < 1.29 is 9.53 Å². The molecule has 0 unspecified atom stereocenters. The van der Waals surface area contributed by atoms with Crippen LogP contribution in [0.2, 0.25) is 0 Å². The molecule has 0 spiro atoms. The second-order valence-electron chi connectivity index (χ2n) is 7.84. The van der Waals surface area contributed by atoms with Crippen molar-refractivity contribution in [2.45, 2.75) is 17.4 Å². The number of benzene rings is 3. The number of carbonyl (C=O) groups excluding carboxylic acids is 1. The molecule has 0 radical (unpaired) electrons. The number of carbonyl (C=O) groups is 1. The van der Waals surface area contributed by atoms with Crippen LogP contribution in [0.15, 0.2) is 77.7 Å². The first-order valence-corrected chi connectivity index (χ1v) is 11.9. The average molecular weight is 444 g/mol. The lowest BCUT2D eigenvalue weighted by Gasteiger charge is -2.36. The molecule has 0 saturated heterocycles. The Bertz CT molecular complexity index is 1270. The van der Waals surface area contributed by atoms with Gasteiger partial charge in [-0.15, -0.1) is 11.8 Å². The molecule has 0 saturated carbocycles. The van der Waals surface area contributed by atoms with Gasteiger partial charge in [-0.25, -0.2) is 4.79 Å². The minimum Gasteiger partial charge on any atom is -0.497 e. The number of aromatic nitrogens is 1. The molecule has 5 rings (SSSR count). The van der Waals surface area contributed by atoms with E-state index in [0.29, 0.717) is 6.54 Å². The molecule has 2 heterocycles. The van der Waals surface area contributed by atoms with Crippen LogP contribution in [-0.2, 0) is 6.42 Å². The number of methoxy groups -OCH3 is 1. The van der Waals surface area contributed by atoms with Gasteiger partial charge in [0.15, 0.2) is 0 Å². The number of nitrogens with zero attached hydrogens (tertiary/aromatic N) is 1. The van der Waals surface area contributed by atoms with E-state index in [1.807, 2.05) is 65.8 Å². The minimum atomic E-state index is -0.208. The van der Waals surface area contributed by atoms with Crippen LogP contribution in [0.25, 0.3) is 10.9 Å². The first-order valence-electron chi connectivity index (χ1n) is 10.6. The summed E-state index contributed by atoms with van der Waals surface area (Å²) in [6.07, 6.45) is 2.84. The number of nitrogens with one attached hydrogen (secondary N) is 2. The Morgan fingerprint density at radius 1 is 1.09 bits per heavy atom. The molecule has 0 aliphatic carbocycles. The number of hydrogen-bond acceptors (Lipinski definition) is 3. The van der Waals surface area contributed by atoms with E-state index in [1.54, 1.807) is 18.9 Å². The Morgan fingerprint density at radius 3 is 2.69 bits per heavy atom. The number of fused-ring (bicyclic) bond motifs is 3. The zero-order chi connectivity index (χ0) is 22.1. The molecule has 6 heteroatoms. The van der Waals surface area contributed by atoms with Crippen molar-refractivity contribution in [1.82, 2.24) is 9.88 Å². The van der Waals surface area contributed by atoms with Crippen LogP contribution in [0.4, 0.5) is 10.5 Å². The number of anilines is 1. The van der Waals surface area contributed by atoms with Crippen LogP contribution in [0.3, 0.4) is 0 Å². The standard InChI is InChI=1S/C26H25N3O2S/c1-31-19-12-10-17(11-13-19)25-24-22(21-8-3-4-9-23(21)28-24)14-15-29(25)26(30)27-18-6-5-7-20(16-18)32-2/h3-13,16,25,28H,14-15H2,1-2H3,(H,27,30)/t25-/m0/s1. The quantitative estimate of drug-likeness (QED) is 0.376. The van der Waals surface area contributed by atoms with Crippen LogP contribution >= 0.6 is 11.8 Å². The molecule has 1 aliphatic heterocycles. The maximum atomic E-state index is 13.5. The molecule has 1 aliphatic rings. The minimum absolute atomic E-state index is 0.103. The van der Waals surface area contributed by atoms with Crippen molar-refractivity contribution in [3.05, 3.63) is 89.6 Å². The monoisotopic (exact) mass is 443 g/mol. The average Bonchev–Trinajstić information content (AvgIpc) is 3.22. The van der Waals surface area contributed by atoms with E-state index in [-0.39, 0.29) is 12.1 Å². The van der Waals surface area contributed by atoms with Crippen LogP contribution in [0.5, 0.6) is 5.75 Å². The second kappa shape index (κ2) is 8.63. The summed E-state index contributed by atoms with van der Waals surface area (Å²) in [5.74, 6) is 0.798.